The van der Waals surface area contributed by atoms with Crippen molar-refractivity contribution < 1.29 is 28.7 Å². The summed E-state index contributed by atoms with van der Waals surface area (Å²) in [5.74, 6) is -2.53. The molecule has 0 saturated heterocycles. The van der Waals surface area contributed by atoms with Crippen LogP contribution in [0.2, 0.25) is 0 Å². The third-order valence-corrected chi connectivity index (χ3v) is 11.7. The molecule has 2 heterocycles. The van der Waals surface area contributed by atoms with E-state index in [1.807, 2.05) is 12.1 Å². The number of benzene rings is 6. The maximum absolute atomic E-state index is 14.0. The minimum absolute atomic E-state index is 0.156. The number of fused-ring (bicyclic) bond motifs is 9. The number of carbonyl (C=O) groups is 4. The number of hydrogen-bond donors (Lipinski definition) is 0. The molecule has 60 heavy (non-hydrogen) atoms. The zero-order valence-corrected chi connectivity index (χ0v) is 36.4. The molecule has 308 valence electrons. The first-order valence-electron chi connectivity index (χ1n) is 20.7. The molecule has 0 fully saturated rings. The summed E-state index contributed by atoms with van der Waals surface area (Å²) in [6.45, 7) is 20.2. The van der Waals surface area contributed by atoms with Crippen molar-refractivity contribution in [3.63, 3.8) is 0 Å². The third-order valence-electron chi connectivity index (χ3n) is 11.7. The summed E-state index contributed by atoms with van der Waals surface area (Å²) < 4.78 is 13.1. The second-order valence-electron chi connectivity index (χ2n) is 18.3. The zero-order valence-electron chi connectivity index (χ0n) is 36.4. The van der Waals surface area contributed by atoms with Gasteiger partial charge in [0, 0.05) is 22.6 Å². The average molecular weight is 803 g/mol. The van der Waals surface area contributed by atoms with Crippen LogP contribution < -0.4 is 9.47 Å². The maximum atomic E-state index is 14.0. The standard InChI is InChI=1S/C52H54N2O6/c1-29-45(31(3)55)49(57)33-13-11-15-41(23-33)59-27-37-19-35-21-40(52(8,9)10)26-44-38(20-36-22-39(51(5,6)7)25-43(37)47(36)48(35)44)28-60-42-16-12-14-34(24-42)50(58)46(32(4)56)30(2)54-18-17-53-29/h11-16,19-26,45-46H,17-18,27-28H2,1-10H3. The Morgan fingerprint density at radius 3 is 1.30 bits per heavy atom. The third kappa shape index (κ3) is 8.38. The van der Waals surface area contributed by atoms with Gasteiger partial charge in [-0.2, -0.15) is 0 Å². The first-order chi connectivity index (χ1) is 28.3. The van der Waals surface area contributed by atoms with E-state index >= 15 is 0 Å². The molecule has 8 heteroatoms. The number of hydrogen-bond acceptors (Lipinski definition) is 8. The van der Waals surface area contributed by atoms with Crippen molar-refractivity contribution in [1.29, 1.82) is 0 Å². The van der Waals surface area contributed by atoms with Crippen LogP contribution >= 0.6 is 0 Å². The van der Waals surface area contributed by atoms with Gasteiger partial charge in [-0.05, 0) is 129 Å². The predicted molar refractivity (Wildman–Crippen MR) is 242 cm³/mol. The Labute approximate surface area is 352 Å². The number of rotatable bonds is 2. The molecule has 6 aromatic carbocycles. The van der Waals surface area contributed by atoms with Crippen LogP contribution in [0.25, 0.3) is 32.3 Å². The Morgan fingerprint density at radius 1 is 0.567 bits per heavy atom. The second kappa shape index (κ2) is 16.2. The van der Waals surface area contributed by atoms with Crippen molar-refractivity contribution in [1.82, 2.24) is 0 Å². The Bertz CT molecular complexity index is 2570. The molecule has 2 aliphatic heterocycles. The minimum Gasteiger partial charge on any atom is -0.489 e. The topological polar surface area (TPSA) is 111 Å². The van der Waals surface area contributed by atoms with Gasteiger partial charge in [0.1, 0.15) is 48.1 Å². The summed E-state index contributed by atoms with van der Waals surface area (Å²) >= 11 is 0. The smallest absolute Gasteiger partial charge is 0.179 e. The van der Waals surface area contributed by atoms with Gasteiger partial charge in [0.05, 0.1) is 13.1 Å². The van der Waals surface area contributed by atoms with Crippen molar-refractivity contribution in [2.75, 3.05) is 13.1 Å². The Kier molecular flexibility index (Phi) is 11.4. The van der Waals surface area contributed by atoms with Crippen LogP contribution in [0, 0.1) is 11.8 Å². The molecular weight excluding hydrogens is 749 g/mol. The van der Waals surface area contributed by atoms with Gasteiger partial charge in [0.25, 0.3) is 0 Å². The monoisotopic (exact) mass is 802 g/mol. The number of ketones is 4. The lowest BCUT2D eigenvalue weighted by Crippen LogP contribution is -2.30. The molecule has 8 nitrogen and oxygen atoms in total. The number of carbonyl (C=O) groups excluding carboxylic acids is 4. The zero-order chi connectivity index (χ0) is 43.3. The summed E-state index contributed by atoms with van der Waals surface area (Å²) in [4.78, 5) is 63.1. The Morgan fingerprint density at radius 2 is 0.950 bits per heavy atom. The van der Waals surface area contributed by atoms with Gasteiger partial charge < -0.3 is 9.47 Å². The average Bonchev–Trinajstić information content (AvgIpc) is 3.18. The molecule has 0 N–H and O–H groups in total. The van der Waals surface area contributed by atoms with Gasteiger partial charge in [-0.1, -0.05) is 90.1 Å². The second-order valence-corrected chi connectivity index (χ2v) is 18.3. The fourth-order valence-corrected chi connectivity index (χ4v) is 8.36. The van der Waals surface area contributed by atoms with E-state index in [-0.39, 0.29) is 60.3 Å². The van der Waals surface area contributed by atoms with Crippen LogP contribution in [0.15, 0.2) is 94.9 Å². The van der Waals surface area contributed by atoms with Crippen LogP contribution in [0.1, 0.15) is 112 Å². The van der Waals surface area contributed by atoms with E-state index in [0.717, 1.165) is 43.4 Å². The molecule has 0 radical (unpaired) electrons. The number of nitrogens with zero attached hydrogens (tertiary/aromatic N) is 2. The van der Waals surface area contributed by atoms with Gasteiger partial charge in [-0.15, -0.1) is 0 Å². The van der Waals surface area contributed by atoms with Gasteiger partial charge in [-0.3, -0.25) is 29.2 Å². The van der Waals surface area contributed by atoms with Crippen LogP contribution in [0.5, 0.6) is 11.5 Å². The lowest BCUT2D eigenvalue weighted by atomic mass is 9.79. The molecule has 2 aliphatic rings. The van der Waals surface area contributed by atoms with E-state index in [0.29, 0.717) is 34.0 Å². The van der Waals surface area contributed by atoms with Crippen LogP contribution in [0.3, 0.4) is 0 Å². The summed E-state index contributed by atoms with van der Waals surface area (Å²) in [5.41, 5.74) is 5.49. The van der Waals surface area contributed by atoms with Gasteiger partial charge in [-0.25, -0.2) is 0 Å². The van der Waals surface area contributed by atoms with Crippen molar-refractivity contribution in [3.8, 4) is 11.5 Å². The van der Waals surface area contributed by atoms with E-state index in [1.54, 1.807) is 50.2 Å². The highest BCUT2D eigenvalue weighted by atomic mass is 16.5. The molecular formula is C52H54N2O6. The van der Waals surface area contributed by atoms with E-state index in [9.17, 15) is 19.2 Å². The highest BCUT2D eigenvalue weighted by Gasteiger charge is 2.30. The Balaban J connectivity index is 1.45. The number of Topliss-reactive ketones (excluding diaryl/α,β-unsaturated/α-hetero) is 4. The van der Waals surface area contributed by atoms with Crippen LogP contribution in [0.4, 0.5) is 0 Å². The highest BCUT2D eigenvalue weighted by molar-refractivity contribution is 6.26. The van der Waals surface area contributed by atoms with Crippen molar-refractivity contribution >= 4 is 66.9 Å². The molecule has 0 aromatic heterocycles. The van der Waals surface area contributed by atoms with Gasteiger partial charge in [0.15, 0.2) is 11.6 Å². The predicted octanol–water partition coefficient (Wildman–Crippen LogP) is 11.0. The molecule has 2 unspecified atom stereocenters. The van der Waals surface area contributed by atoms with Gasteiger partial charge in [0.2, 0.25) is 0 Å². The van der Waals surface area contributed by atoms with E-state index in [1.165, 1.54) is 25.0 Å². The molecule has 0 saturated carbocycles. The number of aliphatic imine (C=N–C) groups is 2. The fraction of sp³-hybridized carbons (Fsp3) is 0.346. The van der Waals surface area contributed by atoms with Gasteiger partial charge >= 0.3 is 0 Å². The largest absolute Gasteiger partial charge is 0.489 e. The lowest BCUT2D eigenvalue weighted by Gasteiger charge is -2.26. The molecule has 6 aromatic rings. The SMILES string of the molecule is CC(=O)C1C(=O)c2cccc(c2)OCc2cc3cc(C(C)(C)C)cc4c(cc5cc(C(C)(C)C)cc2c5c34)COc2cccc(c2)C(=O)C(C(C)=O)C(C)=NCCN=C1C. The molecule has 8 rings (SSSR count). The summed E-state index contributed by atoms with van der Waals surface area (Å²) in [5, 5.41) is 6.64. The highest BCUT2D eigenvalue weighted by Crippen LogP contribution is 2.43. The first kappa shape index (κ1) is 42.1. The van der Waals surface area contributed by atoms with Crippen molar-refractivity contribution in [2.45, 2.75) is 93.3 Å². The molecule has 10 bridgehead atoms. The summed E-state index contributed by atoms with van der Waals surface area (Å²) in [6, 6.07) is 27.5. The quantitative estimate of drug-likeness (QED) is 0.127. The van der Waals surface area contributed by atoms with E-state index < -0.39 is 11.8 Å². The summed E-state index contributed by atoms with van der Waals surface area (Å²) in [6.07, 6.45) is 0. The molecule has 0 spiro atoms. The molecule has 2 atom stereocenters. The number of ether oxygens (including phenoxy) is 2. The normalized spacial score (nSPS) is 17.6. The lowest BCUT2D eigenvalue weighted by molar-refractivity contribution is -0.118. The van der Waals surface area contributed by atoms with E-state index in [2.05, 4.69) is 87.9 Å². The minimum atomic E-state index is -1.08. The van der Waals surface area contributed by atoms with Crippen molar-refractivity contribution in [3.05, 3.63) is 118 Å². The summed E-state index contributed by atoms with van der Waals surface area (Å²) in [7, 11) is 0. The fourth-order valence-electron chi connectivity index (χ4n) is 8.36. The Hall–Kier alpha value is -6.02. The maximum Gasteiger partial charge on any atom is 0.179 e. The van der Waals surface area contributed by atoms with E-state index in [4.69, 9.17) is 9.47 Å². The van der Waals surface area contributed by atoms with Crippen LogP contribution in [-0.2, 0) is 33.6 Å². The van der Waals surface area contributed by atoms with Crippen molar-refractivity contribution in [2.24, 2.45) is 21.8 Å². The van der Waals surface area contributed by atoms with Crippen LogP contribution in [-0.4, -0.2) is 47.6 Å². The first-order valence-corrected chi connectivity index (χ1v) is 20.7. The molecule has 0 aliphatic carbocycles. The molecule has 0 amide bonds.